The number of aromatic carboxylic acids is 1. The molecule has 2 heterocycles. The van der Waals surface area contributed by atoms with Crippen LogP contribution in [0.1, 0.15) is 32.6 Å². The molecule has 0 aliphatic carbocycles. The first-order valence-electron chi connectivity index (χ1n) is 11.5. The molecule has 214 valence electrons. The van der Waals surface area contributed by atoms with Crippen LogP contribution in [0.15, 0.2) is 47.5 Å². The lowest BCUT2D eigenvalue weighted by Crippen LogP contribution is -2.24. The molecule has 10 nitrogen and oxygen atoms in total. The summed E-state index contributed by atoms with van der Waals surface area (Å²) < 4.78 is 51.3. The van der Waals surface area contributed by atoms with Crippen LogP contribution in [0.25, 0.3) is 10.9 Å². The topological polar surface area (TPSA) is 156 Å². The quantitative estimate of drug-likeness (QED) is 0.286. The molecule has 0 aliphatic heterocycles. The number of hydrogen-bond acceptors (Lipinski definition) is 8. The van der Waals surface area contributed by atoms with Gasteiger partial charge in [-0.15, -0.1) is 12.4 Å². The number of fused-ring (bicyclic) bond motifs is 1. The van der Waals surface area contributed by atoms with Crippen molar-refractivity contribution in [3.05, 3.63) is 80.8 Å². The van der Waals surface area contributed by atoms with Crippen molar-refractivity contribution in [1.82, 2.24) is 14.5 Å². The number of alkyl halides is 3. The van der Waals surface area contributed by atoms with Crippen molar-refractivity contribution in [3.63, 3.8) is 0 Å². The van der Waals surface area contributed by atoms with Gasteiger partial charge in [-0.1, -0.05) is 11.8 Å². The molecule has 0 radical (unpaired) electrons. The summed E-state index contributed by atoms with van der Waals surface area (Å²) >= 11 is 0. The van der Waals surface area contributed by atoms with Gasteiger partial charge in [-0.25, -0.2) is 9.78 Å². The van der Waals surface area contributed by atoms with Crippen molar-refractivity contribution in [1.29, 1.82) is 0 Å². The fourth-order valence-electron chi connectivity index (χ4n) is 4.09. The number of nitrogen functional groups attached to an aromatic ring is 2. The third-order valence-electron chi connectivity index (χ3n) is 5.85. The number of aromatic nitrogens is 3. The summed E-state index contributed by atoms with van der Waals surface area (Å²) in [5.41, 5.74) is 11.8. The van der Waals surface area contributed by atoms with Crippen LogP contribution in [0.4, 0.5) is 24.9 Å². The first-order chi connectivity index (χ1) is 18.9. The first-order valence-corrected chi connectivity index (χ1v) is 11.5. The van der Waals surface area contributed by atoms with E-state index >= 15 is 0 Å². The molecule has 0 unspecified atom stereocenters. The molecule has 0 aliphatic rings. The number of nitrogens with zero attached hydrogens (tertiary/aromatic N) is 3. The summed E-state index contributed by atoms with van der Waals surface area (Å²) in [6, 6.07) is 7.41. The van der Waals surface area contributed by atoms with Crippen LogP contribution >= 0.6 is 12.4 Å². The van der Waals surface area contributed by atoms with Crippen LogP contribution in [0, 0.1) is 11.8 Å². The zero-order valence-electron chi connectivity index (χ0n) is 21.6. The molecule has 0 saturated heterocycles. The fourth-order valence-corrected chi connectivity index (χ4v) is 4.09. The Morgan fingerprint density at radius 2 is 1.85 bits per heavy atom. The van der Waals surface area contributed by atoms with Crippen molar-refractivity contribution < 1.29 is 32.5 Å². The Bertz CT molecular complexity index is 1760. The first kappa shape index (κ1) is 30.6. The van der Waals surface area contributed by atoms with Crippen molar-refractivity contribution in [2.45, 2.75) is 19.1 Å². The van der Waals surface area contributed by atoms with Crippen LogP contribution in [0.5, 0.6) is 11.5 Å². The number of pyridine rings is 1. The number of hydrogen-bond donors (Lipinski definition) is 3. The van der Waals surface area contributed by atoms with E-state index in [1.165, 1.54) is 38.6 Å². The maximum Gasteiger partial charge on any atom is 0.406 e. The highest BCUT2D eigenvalue weighted by atomic mass is 35.5. The van der Waals surface area contributed by atoms with E-state index in [2.05, 4.69) is 21.8 Å². The van der Waals surface area contributed by atoms with Crippen molar-refractivity contribution in [2.75, 3.05) is 25.7 Å². The van der Waals surface area contributed by atoms with E-state index in [4.69, 9.17) is 20.9 Å². The molecular formula is C27H23ClF3N5O5. The van der Waals surface area contributed by atoms with Gasteiger partial charge in [0, 0.05) is 35.3 Å². The number of carboxylic acids is 1. The average molecular weight is 590 g/mol. The molecule has 0 fully saturated rings. The Kier molecular flexibility index (Phi) is 8.99. The SMILES string of the molecule is COc1cc(Cc2cnc(N)nc2N)cc(C#Cc2ccc3c(=O)c(C(=O)O)cn(CC(F)(F)F)c3c2)c1OC.Cl. The van der Waals surface area contributed by atoms with Gasteiger partial charge in [-0.05, 0) is 35.9 Å². The summed E-state index contributed by atoms with van der Waals surface area (Å²) in [6.07, 6.45) is -2.16. The molecule has 4 rings (SSSR count). The van der Waals surface area contributed by atoms with Gasteiger partial charge in [0.15, 0.2) is 11.5 Å². The lowest BCUT2D eigenvalue weighted by atomic mass is 10.0. The molecule has 0 atom stereocenters. The third kappa shape index (κ3) is 6.79. The smallest absolute Gasteiger partial charge is 0.406 e. The number of carboxylic acid groups (broad SMARTS) is 1. The highest BCUT2D eigenvalue weighted by molar-refractivity contribution is 5.93. The average Bonchev–Trinajstić information content (AvgIpc) is 2.89. The van der Waals surface area contributed by atoms with Crippen LogP contribution in [0.2, 0.25) is 0 Å². The second kappa shape index (κ2) is 12.1. The van der Waals surface area contributed by atoms with Gasteiger partial charge in [0.05, 0.1) is 25.3 Å². The van der Waals surface area contributed by atoms with Gasteiger partial charge in [0.25, 0.3) is 0 Å². The lowest BCUT2D eigenvalue weighted by molar-refractivity contribution is -0.140. The van der Waals surface area contributed by atoms with Crippen molar-refractivity contribution >= 4 is 41.0 Å². The molecule has 2 aromatic heterocycles. The zero-order valence-corrected chi connectivity index (χ0v) is 22.4. The molecular weight excluding hydrogens is 567 g/mol. The highest BCUT2D eigenvalue weighted by Crippen LogP contribution is 2.33. The maximum absolute atomic E-state index is 13.2. The van der Waals surface area contributed by atoms with Crippen molar-refractivity contribution in [3.8, 4) is 23.3 Å². The fraction of sp³-hybridized carbons (Fsp3) is 0.185. The van der Waals surface area contributed by atoms with E-state index in [0.29, 0.717) is 39.8 Å². The third-order valence-corrected chi connectivity index (χ3v) is 5.85. The molecule has 2 aromatic carbocycles. The Hall–Kier alpha value is -4.96. The molecule has 0 saturated carbocycles. The van der Waals surface area contributed by atoms with E-state index < -0.39 is 29.7 Å². The van der Waals surface area contributed by atoms with E-state index in [-0.39, 0.29) is 40.6 Å². The standard InChI is InChI=1S/C27H22F3N5O5.ClH/c1-39-21-10-15(8-17-11-33-26(32)34-24(17)31)7-16(23(21)40-2)5-3-14-4-6-18-20(9-14)35(13-27(28,29)30)12-19(22(18)36)25(37)38;/h4,6-7,9-12H,8,13H2,1-2H3,(H,37,38)(H4,31,32,33,34);1H. The second-order valence-corrected chi connectivity index (χ2v) is 8.60. The Balaban J connectivity index is 0.00000462. The number of nitrogens with two attached hydrogens (primary N) is 2. The van der Waals surface area contributed by atoms with Gasteiger partial charge < -0.3 is 30.6 Å². The Labute approximate surface area is 237 Å². The number of carbonyl (C=O) groups is 1. The normalized spacial score (nSPS) is 10.9. The highest BCUT2D eigenvalue weighted by Gasteiger charge is 2.29. The lowest BCUT2D eigenvalue weighted by Gasteiger charge is -2.14. The van der Waals surface area contributed by atoms with Gasteiger partial charge in [0.2, 0.25) is 11.4 Å². The van der Waals surface area contributed by atoms with E-state index in [9.17, 15) is 27.9 Å². The Morgan fingerprint density at radius 3 is 2.46 bits per heavy atom. The van der Waals surface area contributed by atoms with Crippen LogP contribution in [-0.2, 0) is 13.0 Å². The molecule has 0 bridgehead atoms. The molecule has 14 heteroatoms. The molecule has 4 aromatic rings. The predicted octanol–water partition coefficient (Wildman–Crippen LogP) is 3.65. The van der Waals surface area contributed by atoms with Crippen molar-refractivity contribution in [2.24, 2.45) is 0 Å². The van der Waals surface area contributed by atoms with Gasteiger partial charge in [-0.2, -0.15) is 18.2 Å². The molecule has 41 heavy (non-hydrogen) atoms. The Morgan fingerprint density at radius 1 is 1.12 bits per heavy atom. The number of ether oxygens (including phenoxy) is 2. The number of halogens is 4. The number of anilines is 2. The summed E-state index contributed by atoms with van der Waals surface area (Å²) in [4.78, 5) is 32.0. The summed E-state index contributed by atoms with van der Waals surface area (Å²) in [6.45, 7) is -1.49. The van der Waals surface area contributed by atoms with Gasteiger partial charge >= 0.3 is 12.1 Å². The minimum atomic E-state index is -4.66. The monoisotopic (exact) mass is 589 g/mol. The van der Waals surface area contributed by atoms with E-state index in [0.717, 1.165) is 5.56 Å². The minimum absolute atomic E-state index is 0. The van der Waals surface area contributed by atoms with E-state index in [1.54, 1.807) is 12.1 Å². The molecule has 0 spiro atoms. The van der Waals surface area contributed by atoms with E-state index in [1.807, 2.05) is 0 Å². The predicted molar refractivity (Wildman–Crippen MR) is 148 cm³/mol. The number of methoxy groups -OCH3 is 2. The number of rotatable bonds is 6. The number of benzene rings is 2. The molecule has 0 amide bonds. The minimum Gasteiger partial charge on any atom is -0.493 e. The second-order valence-electron chi connectivity index (χ2n) is 8.60. The van der Waals surface area contributed by atoms with Crippen LogP contribution < -0.4 is 26.4 Å². The molecule has 5 N–H and O–H groups in total. The maximum atomic E-state index is 13.2. The largest absolute Gasteiger partial charge is 0.493 e. The van der Waals surface area contributed by atoms with Gasteiger partial charge in [0.1, 0.15) is 17.9 Å². The van der Waals surface area contributed by atoms with Crippen LogP contribution in [0.3, 0.4) is 0 Å². The van der Waals surface area contributed by atoms with Crippen LogP contribution in [-0.4, -0.2) is 46.0 Å². The van der Waals surface area contributed by atoms with Gasteiger partial charge in [-0.3, -0.25) is 4.79 Å². The zero-order chi connectivity index (χ0) is 29.2. The summed E-state index contributed by atoms with van der Waals surface area (Å²) in [7, 11) is 2.88. The summed E-state index contributed by atoms with van der Waals surface area (Å²) in [5, 5.41) is 9.11. The summed E-state index contributed by atoms with van der Waals surface area (Å²) in [5.74, 6) is 5.13.